The van der Waals surface area contributed by atoms with E-state index in [4.69, 9.17) is 4.74 Å². The third kappa shape index (κ3) is 4.39. The Balaban J connectivity index is 1.30. The Morgan fingerprint density at radius 1 is 1.19 bits per heavy atom. The molecule has 0 radical (unpaired) electrons. The van der Waals surface area contributed by atoms with Crippen molar-refractivity contribution in [2.24, 2.45) is 0 Å². The second-order valence-corrected chi connectivity index (χ2v) is 7.59. The normalized spacial score (nSPS) is 16.8. The van der Waals surface area contributed by atoms with Crippen molar-refractivity contribution < 1.29 is 19.1 Å². The van der Waals surface area contributed by atoms with Crippen molar-refractivity contribution in [2.75, 3.05) is 7.11 Å². The molecule has 1 aromatic carbocycles. The second kappa shape index (κ2) is 9.04. The van der Waals surface area contributed by atoms with Crippen LogP contribution in [-0.4, -0.2) is 50.5 Å². The molecule has 32 heavy (non-hydrogen) atoms. The van der Waals surface area contributed by atoms with Crippen molar-refractivity contribution in [1.29, 1.82) is 0 Å². The van der Waals surface area contributed by atoms with Crippen LogP contribution in [0.5, 0.6) is 5.75 Å². The largest absolute Gasteiger partial charge is 0.497 e. The zero-order valence-corrected chi connectivity index (χ0v) is 17.8. The third-order valence-corrected chi connectivity index (χ3v) is 5.37. The summed E-state index contributed by atoms with van der Waals surface area (Å²) in [6.45, 7) is 1.98. The van der Waals surface area contributed by atoms with Crippen LogP contribution in [0.15, 0.2) is 48.7 Å². The van der Waals surface area contributed by atoms with Gasteiger partial charge < -0.3 is 15.4 Å². The molecular formula is C22H24N6O4. The van der Waals surface area contributed by atoms with Gasteiger partial charge in [0.1, 0.15) is 11.8 Å². The van der Waals surface area contributed by atoms with Gasteiger partial charge in [0, 0.05) is 12.6 Å². The monoisotopic (exact) mass is 436 g/mol. The number of pyridine rings is 1. The molecule has 1 fully saturated rings. The summed E-state index contributed by atoms with van der Waals surface area (Å²) in [6, 6.07) is 11.2. The van der Waals surface area contributed by atoms with Crippen molar-refractivity contribution in [2.45, 2.75) is 38.4 Å². The average Bonchev–Trinajstić information content (AvgIpc) is 3.34. The van der Waals surface area contributed by atoms with E-state index in [0.29, 0.717) is 17.2 Å². The van der Waals surface area contributed by atoms with Gasteiger partial charge in [-0.15, -0.1) is 10.2 Å². The summed E-state index contributed by atoms with van der Waals surface area (Å²) < 4.78 is 6.93. The van der Waals surface area contributed by atoms with E-state index < -0.39 is 12.1 Å². The molecule has 0 aliphatic carbocycles. The van der Waals surface area contributed by atoms with Crippen molar-refractivity contribution in [1.82, 2.24) is 30.1 Å². The lowest BCUT2D eigenvalue weighted by Gasteiger charge is -2.14. The number of benzene rings is 1. The Bertz CT molecular complexity index is 1140. The molecule has 10 nitrogen and oxygen atoms in total. The van der Waals surface area contributed by atoms with Crippen LogP contribution >= 0.6 is 0 Å². The molecule has 0 saturated carbocycles. The van der Waals surface area contributed by atoms with Gasteiger partial charge in [0.05, 0.1) is 19.7 Å². The molecule has 2 unspecified atom stereocenters. The third-order valence-electron chi connectivity index (χ3n) is 5.37. The van der Waals surface area contributed by atoms with Crippen LogP contribution in [0.1, 0.15) is 37.2 Å². The molecule has 1 aliphatic heterocycles. The molecule has 166 valence electrons. The number of carbonyl (C=O) groups is 3. The first-order valence-corrected chi connectivity index (χ1v) is 10.3. The lowest BCUT2D eigenvalue weighted by Crippen LogP contribution is -2.33. The van der Waals surface area contributed by atoms with Crippen LogP contribution in [-0.2, 0) is 16.1 Å². The summed E-state index contributed by atoms with van der Waals surface area (Å²) in [4.78, 5) is 38.6. The molecule has 1 saturated heterocycles. The molecule has 2 aromatic heterocycles. The number of nitrogens with one attached hydrogen (secondary N) is 2. The quantitative estimate of drug-likeness (QED) is 0.520. The first kappa shape index (κ1) is 21.3. The standard InChI is InChI=1S/C22H24N6O4/c1-14(20-26-25-18-5-3-4-12-27(18)20)23-19(29)11-10-17-21(30)28(22(31)24-17)13-15-6-8-16(32-2)9-7-15/h3-9,12,14,17H,10-11,13H2,1-2H3,(H,23,29)(H,24,31). The number of amides is 4. The molecule has 4 rings (SSSR count). The highest BCUT2D eigenvalue weighted by atomic mass is 16.5. The molecule has 4 amide bonds. The summed E-state index contributed by atoms with van der Waals surface area (Å²) in [5.74, 6) is 0.740. The van der Waals surface area contributed by atoms with Crippen molar-refractivity contribution in [3.05, 3.63) is 60.0 Å². The Labute approximate surface area is 184 Å². The highest BCUT2D eigenvalue weighted by molar-refractivity contribution is 6.04. The van der Waals surface area contributed by atoms with Crippen molar-refractivity contribution in [3.63, 3.8) is 0 Å². The minimum atomic E-state index is -0.726. The summed E-state index contributed by atoms with van der Waals surface area (Å²) in [6.07, 6.45) is 2.13. The molecule has 10 heteroatoms. The fraction of sp³-hybridized carbons (Fsp3) is 0.318. The summed E-state index contributed by atoms with van der Waals surface area (Å²) in [7, 11) is 1.57. The topological polar surface area (TPSA) is 118 Å². The molecule has 2 atom stereocenters. The molecular weight excluding hydrogens is 412 g/mol. The highest BCUT2D eigenvalue weighted by Crippen LogP contribution is 2.18. The number of nitrogens with zero attached hydrogens (tertiary/aromatic N) is 4. The predicted molar refractivity (Wildman–Crippen MR) is 115 cm³/mol. The molecule has 3 heterocycles. The van der Waals surface area contributed by atoms with Gasteiger partial charge in [-0.05, 0) is 43.2 Å². The van der Waals surface area contributed by atoms with Gasteiger partial charge in [-0.3, -0.25) is 18.9 Å². The predicted octanol–water partition coefficient (Wildman–Crippen LogP) is 1.82. The number of rotatable bonds is 8. The smallest absolute Gasteiger partial charge is 0.325 e. The minimum Gasteiger partial charge on any atom is -0.497 e. The van der Waals surface area contributed by atoms with Crippen LogP contribution in [0, 0.1) is 0 Å². The van der Waals surface area contributed by atoms with E-state index in [1.807, 2.05) is 35.7 Å². The van der Waals surface area contributed by atoms with Gasteiger partial charge in [-0.1, -0.05) is 18.2 Å². The van der Waals surface area contributed by atoms with Gasteiger partial charge in [0.15, 0.2) is 11.5 Å². The van der Waals surface area contributed by atoms with Crippen LogP contribution in [0.25, 0.3) is 5.65 Å². The highest BCUT2D eigenvalue weighted by Gasteiger charge is 2.37. The Morgan fingerprint density at radius 2 is 1.97 bits per heavy atom. The lowest BCUT2D eigenvalue weighted by molar-refractivity contribution is -0.128. The van der Waals surface area contributed by atoms with E-state index in [0.717, 1.165) is 10.5 Å². The SMILES string of the molecule is COc1ccc(CN2C(=O)NC(CCC(=O)NC(C)c3nnc4ccccn34)C2=O)cc1. The van der Waals surface area contributed by atoms with Crippen LogP contribution in [0.3, 0.4) is 0 Å². The van der Waals surface area contributed by atoms with E-state index >= 15 is 0 Å². The maximum absolute atomic E-state index is 12.7. The summed E-state index contributed by atoms with van der Waals surface area (Å²) in [5.41, 5.74) is 1.50. The van der Waals surface area contributed by atoms with Gasteiger partial charge in [0.25, 0.3) is 5.91 Å². The number of aromatic nitrogens is 3. The number of urea groups is 1. The first-order valence-electron chi connectivity index (χ1n) is 10.3. The maximum Gasteiger partial charge on any atom is 0.325 e. The summed E-state index contributed by atoms with van der Waals surface area (Å²) in [5, 5.41) is 13.8. The fourth-order valence-electron chi connectivity index (χ4n) is 3.64. The van der Waals surface area contributed by atoms with Crippen molar-refractivity contribution in [3.8, 4) is 5.75 Å². The number of imide groups is 1. The van der Waals surface area contributed by atoms with Gasteiger partial charge in [0.2, 0.25) is 5.91 Å². The van der Waals surface area contributed by atoms with Crippen LogP contribution < -0.4 is 15.4 Å². The van der Waals surface area contributed by atoms with E-state index in [-0.39, 0.29) is 37.2 Å². The number of fused-ring (bicyclic) bond motifs is 1. The van der Waals surface area contributed by atoms with Crippen LogP contribution in [0.2, 0.25) is 0 Å². The molecule has 2 N–H and O–H groups in total. The van der Waals surface area contributed by atoms with E-state index in [1.54, 1.807) is 31.4 Å². The maximum atomic E-state index is 12.7. The molecule has 0 bridgehead atoms. The van der Waals surface area contributed by atoms with E-state index in [9.17, 15) is 14.4 Å². The van der Waals surface area contributed by atoms with Crippen molar-refractivity contribution >= 4 is 23.5 Å². The minimum absolute atomic E-state index is 0.0914. The average molecular weight is 436 g/mol. The molecule has 0 spiro atoms. The zero-order valence-electron chi connectivity index (χ0n) is 17.8. The number of hydrogen-bond donors (Lipinski definition) is 2. The number of ether oxygens (including phenoxy) is 1. The van der Waals surface area contributed by atoms with Gasteiger partial charge in [-0.2, -0.15) is 0 Å². The number of hydrogen-bond acceptors (Lipinski definition) is 6. The zero-order chi connectivity index (χ0) is 22.7. The van der Waals surface area contributed by atoms with Gasteiger partial charge in [-0.25, -0.2) is 4.79 Å². The Kier molecular flexibility index (Phi) is 6.02. The van der Waals surface area contributed by atoms with E-state index in [2.05, 4.69) is 20.8 Å². The summed E-state index contributed by atoms with van der Waals surface area (Å²) >= 11 is 0. The Hall–Kier alpha value is -3.95. The second-order valence-electron chi connectivity index (χ2n) is 7.59. The fourth-order valence-corrected chi connectivity index (χ4v) is 3.64. The van der Waals surface area contributed by atoms with E-state index in [1.165, 1.54) is 0 Å². The lowest BCUT2D eigenvalue weighted by atomic mass is 10.1. The Morgan fingerprint density at radius 3 is 2.72 bits per heavy atom. The molecule has 1 aliphatic rings. The number of methoxy groups -OCH3 is 1. The molecule has 3 aromatic rings. The number of carbonyl (C=O) groups excluding carboxylic acids is 3. The van der Waals surface area contributed by atoms with Crippen LogP contribution in [0.4, 0.5) is 4.79 Å². The first-order chi connectivity index (χ1) is 15.5. The van der Waals surface area contributed by atoms with Gasteiger partial charge >= 0.3 is 6.03 Å².